The molecule has 3 amide bonds. The Morgan fingerprint density at radius 1 is 1.15 bits per heavy atom. The Balaban J connectivity index is 1.59. The van der Waals surface area contributed by atoms with Crippen molar-refractivity contribution >= 4 is 40.8 Å². The van der Waals surface area contributed by atoms with E-state index in [4.69, 9.17) is 17.3 Å². The summed E-state index contributed by atoms with van der Waals surface area (Å²) < 4.78 is 0. The molecule has 2 fully saturated rings. The molecule has 2 aromatic rings. The number of benzene rings is 1. The van der Waals surface area contributed by atoms with Gasteiger partial charge in [0.05, 0.1) is 17.9 Å². The number of nitrogens with zero attached hydrogens (tertiary/aromatic N) is 3. The van der Waals surface area contributed by atoms with Gasteiger partial charge in [0.2, 0.25) is 5.91 Å². The average molecular weight is 470 g/mol. The van der Waals surface area contributed by atoms with Gasteiger partial charge in [0.25, 0.3) is 0 Å². The van der Waals surface area contributed by atoms with E-state index in [0.717, 1.165) is 18.4 Å². The lowest BCUT2D eigenvalue weighted by Gasteiger charge is -2.46. The smallest absolute Gasteiger partial charge is 0.313 e. The lowest BCUT2D eigenvalue weighted by molar-refractivity contribution is -0.153. The van der Waals surface area contributed by atoms with Crippen LogP contribution in [0.5, 0.6) is 0 Å². The van der Waals surface area contributed by atoms with Gasteiger partial charge in [-0.25, -0.2) is 4.98 Å². The van der Waals surface area contributed by atoms with E-state index in [-0.39, 0.29) is 23.9 Å². The number of carbonyl (C=O) groups excluding carboxylic acids is 3. The maximum Gasteiger partial charge on any atom is 0.313 e. The molecule has 1 saturated heterocycles. The Bertz CT molecular complexity index is 1100. The fraction of sp³-hybridized carbons (Fsp3) is 0.417. The highest BCUT2D eigenvalue weighted by atomic mass is 35.5. The monoisotopic (exact) mass is 469 g/mol. The van der Waals surface area contributed by atoms with E-state index in [2.05, 4.69) is 10.3 Å². The minimum atomic E-state index is -0.763. The molecular weight excluding hydrogens is 442 g/mol. The number of piperazine rings is 1. The van der Waals surface area contributed by atoms with Crippen LogP contribution >= 0.6 is 11.6 Å². The molecule has 2 heterocycles. The number of halogens is 1. The molecule has 1 aliphatic carbocycles. The van der Waals surface area contributed by atoms with E-state index < -0.39 is 17.9 Å². The zero-order chi connectivity index (χ0) is 23.9. The van der Waals surface area contributed by atoms with Crippen molar-refractivity contribution in [3.05, 3.63) is 52.7 Å². The number of hydrogen-bond acceptors (Lipinski definition) is 5. The fourth-order valence-corrected chi connectivity index (χ4v) is 4.30. The first-order valence-electron chi connectivity index (χ1n) is 11.0. The molecule has 0 spiro atoms. The number of hydrogen-bond donors (Lipinski definition) is 2. The highest BCUT2D eigenvalue weighted by Crippen LogP contribution is 2.47. The number of rotatable bonds is 3. The average Bonchev–Trinajstić information content (AvgIpc) is 3.54. The van der Waals surface area contributed by atoms with Crippen molar-refractivity contribution in [1.82, 2.24) is 14.8 Å². The van der Waals surface area contributed by atoms with Gasteiger partial charge in [-0.1, -0.05) is 30.7 Å². The van der Waals surface area contributed by atoms with Crippen LogP contribution in [-0.4, -0.2) is 51.6 Å². The van der Waals surface area contributed by atoms with Crippen LogP contribution in [-0.2, 0) is 14.4 Å². The summed E-state index contributed by atoms with van der Waals surface area (Å²) in [5.41, 5.74) is 7.33. The van der Waals surface area contributed by atoms with Crippen LogP contribution in [0.2, 0.25) is 5.02 Å². The zero-order valence-electron chi connectivity index (χ0n) is 19.0. The van der Waals surface area contributed by atoms with Crippen LogP contribution < -0.4 is 11.1 Å². The van der Waals surface area contributed by atoms with Crippen molar-refractivity contribution in [2.45, 2.75) is 45.7 Å². The summed E-state index contributed by atoms with van der Waals surface area (Å²) in [6.45, 7) is 6.23. The van der Waals surface area contributed by atoms with Gasteiger partial charge in [-0.05, 0) is 56.0 Å². The van der Waals surface area contributed by atoms with Gasteiger partial charge in [-0.3, -0.25) is 14.4 Å². The van der Waals surface area contributed by atoms with Gasteiger partial charge in [0.1, 0.15) is 5.82 Å². The maximum atomic E-state index is 13.3. The first kappa shape index (κ1) is 23.0. The van der Waals surface area contributed by atoms with Gasteiger partial charge in [-0.15, -0.1) is 0 Å². The third kappa shape index (κ3) is 4.66. The predicted molar refractivity (Wildman–Crippen MR) is 126 cm³/mol. The molecular formula is C24H28ClN5O3. The fourth-order valence-electron chi connectivity index (χ4n) is 4.17. The highest BCUT2D eigenvalue weighted by molar-refractivity contribution is 6.39. The van der Waals surface area contributed by atoms with Gasteiger partial charge in [-0.2, -0.15) is 0 Å². The normalized spacial score (nSPS) is 21.5. The molecule has 4 rings (SSSR count). The van der Waals surface area contributed by atoms with Crippen molar-refractivity contribution in [2.75, 3.05) is 24.1 Å². The van der Waals surface area contributed by atoms with Gasteiger partial charge >= 0.3 is 11.8 Å². The Morgan fingerprint density at radius 2 is 1.82 bits per heavy atom. The summed E-state index contributed by atoms with van der Waals surface area (Å²) in [4.78, 5) is 46.7. The second-order valence-electron chi connectivity index (χ2n) is 9.27. The van der Waals surface area contributed by atoms with Crippen LogP contribution in [0, 0.1) is 12.3 Å². The number of aryl methyl sites for hydroxylation is 1. The van der Waals surface area contributed by atoms with E-state index in [9.17, 15) is 14.4 Å². The summed E-state index contributed by atoms with van der Waals surface area (Å²) in [6.07, 6.45) is 3.17. The highest BCUT2D eigenvalue weighted by Gasteiger charge is 2.50. The number of carbonyl (C=O) groups is 3. The minimum Gasteiger partial charge on any atom is -0.383 e. The molecule has 1 aromatic heterocycles. The molecule has 9 heteroatoms. The quantitative estimate of drug-likeness (QED) is 0.671. The lowest BCUT2D eigenvalue weighted by atomic mass is 9.97. The van der Waals surface area contributed by atoms with Crippen LogP contribution in [0.1, 0.15) is 43.9 Å². The second-order valence-corrected chi connectivity index (χ2v) is 9.71. The number of pyridine rings is 1. The van der Waals surface area contributed by atoms with Gasteiger partial charge < -0.3 is 20.9 Å². The molecule has 1 aromatic carbocycles. The van der Waals surface area contributed by atoms with E-state index in [0.29, 0.717) is 28.6 Å². The Morgan fingerprint density at radius 3 is 2.42 bits per heavy atom. The van der Waals surface area contributed by atoms with Crippen LogP contribution in [0.15, 0.2) is 36.5 Å². The molecule has 0 bridgehead atoms. The number of nitrogens with two attached hydrogens (primary N) is 1. The van der Waals surface area contributed by atoms with Crippen molar-refractivity contribution < 1.29 is 14.4 Å². The molecule has 1 aliphatic heterocycles. The van der Waals surface area contributed by atoms with Crippen molar-refractivity contribution in [3.63, 3.8) is 0 Å². The SMILES string of the molecule is Cc1cc(NC(=O)C(=O)N2C[C@@H](C)N(C(=O)C3(C)CC3)C[C@@H]2c2ccc(Cl)cc2)cnc1N. The number of nitrogen functional groups attached to an aromatic ring is 1. The standard InChI is InChI=1S/C24H28ClN5O3/c1-14-10-18(11-27-20(14)26)28-21(31)22(32)30-12-15(2)29(23(33)24(3)8-9-24)13-19(30)16-4-6-17(25)7-5-16/h4-7,10-11,15,19H,8-9,12-13H2,1-3H3,(H2,26,27)(H,28,31)/t15-,19-/m1/s1. The van der Waals surface area contributed by atoms with E-state index in [1.165, 1.54) is 6.20 Å². The van der Waals surface area contributed by atoms with E-state index in [1.54, 1.807) is 30.0 Å². The molecule has 2 atom stereocenters. The predicted octanol–water partition coefficient (Wildman–Crippen LogP) is 3.16. The molecule has 0 unspecified atom stereocenters. The minimum absolute atomic E-state index is 0.105. The third-order valence-electron chi connectivity index (χ3n) is 6.60. The van der Waals surface area contributed by atoms with Gasteiger partial charge in [0, 0.05) is 29.6 Å². The summed E-state index contributed by atoms with van der Waals surface area (Å²) >= 11 is 6.06. The summed E-state index contributed by atoms with van der Waals surface area (Å²) in [7, 11) is 0. The van der Waals surface area contributed by atoms with Gasteiger partial charge in [0.15, 0.2) is 0 Å². The van der Waals surface area contributed by atoms with Crippen LogP contribution in [0.3, 0.4) is 0 Å². The number of aromatic nitrogens is 1. The first-order chi connectivity index (χ1) is 15.6. The van der Waals surface area contributed by atoms with Crippen molar-refractivity contribution in [3.8, 4) is 0 Å². The number of anilines is 2. The lowest BCUT2D eigenvalue weighted by Crippen LogP contribution is -2.59. The number of amides is 3. The Hall–Kier alpha value is -3.13. The van der Waals surface area contributed by atoms with Crippen molar-refractivity contribution in [2.24, 2.45) is 5.41 Å². The van der Waals surface area contributed by atoms with Crippen molar-refractivity contribution in [1.29, 1.82) is 0 Å². The summed E-state index contributed by atoms with van der Waals surface area (Å²) in [5.74, 6) is -0.961. The first-order valence-corrected chi connectivity index (χ1v) is 11.4. The third-order valence-corrected chi connectivity index (χ3v) is 6.85. The molecule has 2 aliphatic rings. The molecule has 1 saturated carbocycles. The molecule has 0 radical (unpaired) electrons. The van der Waals surface area contributed by atoms with Crippen LogP contribution in [0.4, 0.5) is 11.5 Å². The summed E-state index contributed by atoms with van der Waals surface area (Å²) in [5, 5.41) is 3.19. The molecule has 33 heavy (non-hydrogen) atoms. The second kappa shape index (κ2) is 8.67. The molecule has 174 valence electrons. The zero-order valence-corrected chi connectivity index (χ0v) is 19.7. The van der Waals surface area contributed by atoms with E-state index >= 15 is 0 Å². The largest absolute Gasteiger partial charge is 0.383 e. The topological polar surface area (TPSA) is 109 Å². The molecule has 8 nitrogen and oxygen atoms in total. The Kier molecular flexibility index (Phi) is 6.05. The molecule has 3 N–H and O–H groups in total. The number of nitrogens with one attached hydrogen (secondary N) is 1. The maximum absolute atomic E-state index is 13.3. The Labute approximate surface area is 198 Å². The van der Waals surface area contributed by atoms with E-state index in [1.807, 2.05) is 30.9 Å². The summed E-state index contributed by atoms with van der Waals surface area (Å²) in [6, 6.07) is 8.14. The van der Waals surface area contributed by atoms with Crippen LogP contribution in [0.25, 0.3) is 0 Å².